The number of rotatable bonds is 8. The number of benzene rings is 1. The van der Waals surface area contributed by atoms with Gasteiger partial charge in [0.25, 0.3) is 0 Å². The fourth-order valence-corrected chi connectivity index (χ4v) is 1.88. The molecule has 0 heterocycles. The molecule has 0 aromatic heterocycles. The smallest absolute Gasteiger partial charge is 0.123 e. The number of hydrogen-bond acceptors (Lipinski definition) is 3. The van der Waals surface area contributed by atoms with Crippen LogP contribution in [0.3, 0.4) is 0 Å². The Morgan fingerprint density at radius 1 is 1.22 bits per heavy atom. The van der Waals surface area contributed by atoms with Crippen molar-refractivity contribution in [2.75, 3.05) is 27.2 Å². The monoisotopic (exact) mass is 250 g/mol. The maximum absolute atomic E-state index is 5.46. The molecule has 0 atom stereocenters. The quantitative estimate of drug-likeness (QED) is 0.696. The summed E-state index contributed by atoms with van der Waals surface area (Å²) in [5.41, 5.74) is 2.55. The van der Waals surface area contributed by atoms with E-state index in [1.165, 1.54) is 11.1 Å². The van der Waals surface area contributed by atoms with Crippen LogP contribution in [0.25, 0.3) is 0 Å². The van der Waals surface area contributed by atoms with Crippen LogP contribution in [0.1, 0.15) is 37.3 Å². The lowest BCUT2D eigenvalue weighted by Gasteiger charge is -2.13. The predicted molar refractivity (Wildman–Crippen MR) is 77.3 cm³/mol. The normalized spacial score (nSPS) is 10.9. The molecule has 0 fully saturated rings. The van der Waals surface area contributed by atoms with Gasteiger partial charge >= 0.3 is 0 Å². The van der Waals surface area contributed by atoms with Gasteiger partial charge in [0.15, 0.2) is 0 Å². The maximum Gasteiger partial charge on any atom is 0.123 e. The van der Waals surface area contributed by atoms with Gasteiger partial charge in [-0.1, -0.05) is 26.0 Å². The maximum atomic E-state index is 5.46. The highest BCUT2D eigenvalue weighted by atomic mass is 16.5. The topological polar surface area (TPSA) is 33.3 Å². The van der Waals surface area contributed by atoms with Crippen LogP contribution >= 0.6 is 0 Å². The summed E-state index contributed by atoms with van der Waals surface area (Å²) in [6, 6.07) is 6.51. The lowest BCUT2D eigenvalue weighted by Crippen LogP contribution is -2.19. The van der Waals surface area contributed by atoms with Crippen molar-refractivity contribution in [2.45, 2.75) is 32.7 Å². The van der Waals surface area contributed by atoms with Crippen LogP contribution in [0.2, 0.25) is 0 Å². The van der Waals surface area contributed by atoms with Gasteiger partial charge in [0.05, 0.1) is 7.11 Å². The molecule has 102 valence electrons. The first-order valence-electron chi connectivity index (χ1n) is 6.71. The van der Waals surface area contributed by atoms with Crippen LogP contribution < -0.4 is 15.4 Å². The first kappa shape index (κ1) is 15.0. The molecular formula is C15H26N2O. The zero-order chi connectivity index (χ0) is 13.4. The number of methoxy groups -OCH3 is 1. The van der Waals surface area contributed by atoms with E-state index in [0.29, 0.717) is 5.92 Å². The van der Waals surface area contributed by atoms with E-state index in [2.05, 4.69) is 42.7 Å². The highest BCUT2D eigenvalue weighted by Gasteiger charge is 2.06. The molecule has 1 aromatic carbocycles. The fourth-order valence-electron chi connectivity index (χ4n) is 1.88. The largest absolute Gasteiger partial charge is 0.496 e. The van der Waals surface area contributed by atoms with Gasteiger partial charge in [-0.25, -0.2) is 0 Å². The number of hydrogen-bond donors (Lipinski definition) is 2. The molecular weight excluding hydrogens is 224 g/mol. The zero-order valence-electron chi connectivity index (χ0n) is 12.0. The van der Waals surface area contributed by atoms with Crippen molar-refractivity contribution in [1.82, 2.24) is 10.6 Å². The molecule has 0 aliphatic heterocycles. The summed E-state index contributed by atoms with van der Waals surface area (Å²) < 4.78 is 5.46. The molecule has 0 aliphatic rings. The molecule has 0 unspecified atom stereocenters. The lowest BCUT2D eigenvalue weighted by atomic mass is 10.0. The summed E-state index contributed by atoms with van der Waals surface area (Å²) in [6.07, 6.45) is 1.14. The van der Waals surface area contributed by atoms with Crippen LogP contribution in [0.4, 0.5) is 0 Å². The SMILES string of the molecule is CNCCCNCc1ccc(C(C)C)cc1OC. The van der Waals surface area contributed by atoms with Crippen LogP contribution in [0.15, 0.2) is 18.2 Å². The molecule has 0 aliphatic carbocycles. The molecule has 3 heteroatoms. The van der Waals surface area contributed by atoms with Crippen molar-refractivity contribution in [2.24, 2.45) is 0 Å². The van der Waals surface area contributed by atoms with Crippen molar-refractivity contribution in [3.8, 4) is 5.75 Å². The summed E-state index contributed by atoms with van der Waals surface area (Å²) in [5, 5.41) is 6.58. The Kier molecular flexibility index (Phi) is 6.76. The van der Waals surface area contributed by atoms with Crippen molar-refractivity contribution in [3.63, 3.8) is 0 Å². The van der Waals surface area contributed by atoms with Gasteiger partial charge < -0.3 is 15.4 Å². The molecule has 2 N–H and O–H groups in total. The van der Waals surface area contributed by atoms with Crippen LogP contribution in [-0.4, -0.2) is 27.2 Å². The summed E-state index contributed by atoms with van der Waals surface area (Å²) in [4.78, 5) is 0. The second-order valence-electron chi connectivity index (χ2n) is 4.86. The Morgan fingerprint density at radius 3 is 2.61 bits per heavy atom. The van der Waals surface area contributed by atoms with Crippen molar-refractivity contribution in [1.29, 1.82) is 0 Å². The Morgan fingerprint density at radius 2 is 2.00 bits per heavy atom. The van der Waals surface area contributed by atoms with E-state index in [1.54, 1.807) is 7.11 Å². The minimum atomic E-state index is 0.538. The van der Waals surface area contributed by atoms with E-state index in [4.69, 9.17) is 4.74 Å². The van der Waals surface area contributed by atoms with Gasteiger partial charge in [0.1, 0.15) is 5.75 Å². The van der Waals surface area contributed by atoms with Gasteiger partial charge in [-0.3, -0.25) is 0 Å². The Bertz CT molecular complexity index is 350. The van der Waals surface area contributed by atoms with E-state index in [0.717, 1.165) is 31.8 Å². The standard InChI is InChI=1S/C15H26N2O/c1-12(2)13-6-7-14(15(10-13)18-4)11-17-9-5-8-16-3/h6-7,10,12,16-17H,5,8-9,11H2,1-4H3. The van der Waals surface area contributed by atoms with E-state index in [1.807, 2.05) is 7.05 Å². The van der Waals surface area contributed by atoms with E-state index in [9.17, 15) is 0 Å². The van der Waals surface area contributed by atoms with Crippen LogP contribution in [0, 0.1) is 0 Å². The molecule has 18 heavy (non-hydrogen) atoms. The van der Waals surface area contributed by atoms with Crippen molar-refractivity contribution in [3.05, 3.63) is 29.3 Å². The average molecular weight is 250 g/mol. The summed E-state index contributed by atoms with van der Waals surface area (Å²) in [5.74, 6) is 1.53. The van der Waals surface area contributed by atoms with E-state index < -0.39 is 0 Å². The van der Waals surface area contributed by atoms with Gasteiger partial charge in [0, 0.05) is 12.1 Å². The Balaban J connectivity index is 2.54. The number of ether oxygens (including phenoxy) is 1. The van der Waals surface area contributed by atoms with Crippen molar-refractivity contribution < 1.29 is 4.74 Å². The predicted octanol–water partition coefficient (Wildman–Crippen LogP) is 2.52. The molecule has 0 spiro atoms. The first-order chi connectivity index (χ1) is 8.69. The first-order valence-corrected chi connectivity index (χ1v) is 6.71. The van der Waals surface area contributed by atoms with Crippen molar-refractivity contribution >= 4 is 0 Å². The molecule has 3 nitrogen and oxygen atoms in total. The lowest BCUT2D eigenvalue weighted by molar-refractivity contribution is 0.406. The van der Waals surface area contributed by atoms with Gasteiger partial charge in [-0.15, -0.1) is 0 Å². The highest BCUT2D eigenvalue weighted by molar-refractivity contribution is 5.38. The third-order valence-corrected chi connectivity index (χ3v) is 3.07. The fraction of sp³-hybridized carbons (Fsp3) is 0.600. The number of nitrogens with one attached hydrogen (secondary N) is 2. The third-order valence-electron chi connectivity index (χ3n) is 3.07. The molecule has 1 aromatic rings. The minimum absolute atomic E-state index is 0.538. The minimum Gasteiger partial charge on any atom is -0.496 e. The molecule has 0 bridgehead atoms. The molecule has 0 saturated heterocycles. The van der Waals surface area contributed by atoms with E-state index in [-0.39, 0.29) is 0 Å². The van der Waals surface area contributed by atoms with Gasteiger partial charge in [0.2, 0.25) is 0 Å². The second-order valence-corrected chi connectivity index (χ2v) is 4.86. The van der Waals surface area contributed by atoms with Gasteiger partial charge in [-0.2, -0.15) is 0 Å². The molecule has 0 amide bonds. The van der Waals surface area contributed by atoms with Gasteiger partial charge in [-0.05, 0) is 44.1 Å². The Labute approximate surface area is 111 Å². The summed E-state index contributed by atoms with van der Waals surface area (Å²) >= 11 is 0. The molecule has 0 radical (unpaired) electrons. The zero-order valence-corrected chi connectivity index (χ0v) is 12.0. The summed E-state index contributed by atoms with van der Waals surface area (Å²) in [7, 11) is 3.72. The van der Waals surface area contributed by atoms with E-state index >= 15 is 0 Å². The van der Waals surface area contributed by atoms with Crippen LogP contribution in [0.5, 0.6) is 5.75 Å². The summed E-state index contributed by atoms with van der Waals surface area (Å²) in [6.45, 7) is 7.34. The molecule has 1 rings (SSSR count). The Hall–Kier alpha value is -1.06. The second kappa shape index (κ2) is 8.11. The highest BCUT2D eigenvalue weighted by Crippen LogP contribution is 2.24. The molecule has 0 saturated carbocycles. The average Bonchev–Trinajstić information content (AvgIpc) is 2.38. The third kappa shape index (κ3) is 4.67. The van der Waals surface area contributed by atoms with Crippen LogP contribution in [-0.2, 0) is 6.54 Å².